The van der Waals surface area contributed by atoms with Gasteiger partial charge in [-0.1, -0.05) is 17.7 Å². The van der Waals surface area contributed by atoms with Gasteiger partial charge in [0.15, 0.2) is 18.1 Å². The number of hydrogen-bond donors (Lipinski definition) is 2. The molecule has 0 spiro atoms. The molecule has 2 amide bonds. The third-order valence-corrected chi connectivity index (χ3v) is 4.08. The predicted octanol–water partition coefficient (Wildman–Crippen LogP) is 2.42. The van der Waals surface area contributed by atoms with E-state index in [2.05, 4.69) is 20.6 Å². The van der Waals surface area contributed by atoms with Crippen molar-refractivity contribution >= 4 is 29.7 Å². The third kappa shape index (κ3) is 8.17. The van der Waals surface area contributed by atoms with Gasteiger partial charge in [0.05, 0.1) is 20.4 Å². The number of aryl methyl sites for hydroxylation is 1. The minimum absolute atomic E-state index is 0.00133. The quantitative estimate of drug-likeness (QED) is 0.342. The number of anilines is 1. The Morgan fingerprint density at radius 3 is 2.35 bits per heavy atom. The number of hydrazone groups is 1. The Morgan fingerprint density at radius 1 is 0.968 bits per heavy atom. The summed E-state index contributed by atoms with van der Waals surface area (Å²) in [6, 6.07) is 12.3. The average molecular weight is 427 g/mol. The van der Waals surface area contributed by atoms with Gasteiger partial charge in [0, 0.05) is 18.5 Å². The monoisotopic (exact) mass is 427 g/mol. The number of ether oxygens (including phenoxy) is 3. The first kappa shape index (κ1) is 23.4. The van der Waals surface area contributed by atoms with Gasteiger partial charge in [0.2, 0.25) is 11.8 Å². The number of carbonyl (C=O) groups excluding carboxylic acids is 3. The molecule has 31 heavy (non-hydrogen) atoms. The van der Waals surface area contributed by atoms with Gasteiger partial charge in [-0.2, -0.15) is 5.10 Å². The van der Waals surface area contributed by atoms with Gasteiger partial charge in [0.1, 0.15) is 0 Å². The number of esters is 1. The van der Waals surface area contributed by atoms with Crippen LogP contribution in [0.1, 0.15) is 24.0 Å². The molecule has 0 aliphatic heterocycles. The molecule has 2 aromatic carbocycles. The first-order valence-electron chi connectivity index (χ1n) is 9.47. The number of nitrogens with zero attached hydrogens (tertiary/aromatic N) is 1. The smallest absolute Gasteiger partial charge is 0.343 e. The lowest BCUT2D eigenvalue weighted by molar-refractivity contribution is -0.143. The fourth-order valence-corrected chi connectivity index (χ4v) is 2.40. The summed E-state index contributed by atoms with van der Waals surface area (Å²) in [5.74, 6) is -0.390. The van der Waals surface area contributed by atoms with E-state index >= 15 is 0 Å². The van der Waals surface area contributed by atoms with E-state index in [4.69, 9.17) is 9.47 Å². The molecule has 0 aromatic heterocycles. The molecule has 0 aliphatic carbocycles. The van der Waals surface area contributed by atoms with Crippen LogP contribution in [0, 0.1) is 6.92 Å². The molecule has 2 rings (SSSR count). The van der Waals surface area contributed by atoms with Gasteiger partial charge < -0.3 is 19.5 Å². The molecule has 9 heteroatoms. The first-order valence-corrected chi connectivity index (χ1v) is 9.47. The van der Waals surface area contributed by atoms with Crippen molar-refractivity contribution in [3.05, 3.63) is 53.6 Å². The molecule has 0 saturated heterocycles. The fourth-order valence-electron chi connectivity index (χ4n) is 2.40. The van der Waals surface area contributed by atoms with Gasteiger partial charge >= 0.3 is 5.97 Å². The molecule has 0 atom stereocenters. The number of amides is 2. The lowest BCUT2D eigenvalue weighted by Crippen LogP contribution is -2.20. The van der Waals surface area contributed by atoms with Crippen LogP contribution in [-0.4, -0.2) is 44.8 Å². The standard InChI is InChI=1S/C22H25N3O6/c1-15-4-7-17(8-5-15)24-20(26)10-11-21(27)25-23-13-16-6-9-18(19(12-16)29-2)31-14-22(28)30-3/h4-9,12-13H,10-11,14H2,1-3H3,(H,24,26)(H,25,27). The SMILES string of the molecule is COC(=O)COc1ccc(C=NNC(=O)CCC(=O)Nc2ccc(C)cc2)cc1OC. The Labute approximate surface area is 180 Å². The average Bonchev–Trinajstić information content (AvgIpc) is 2.77. The molecular weight excluding hydrogens is 402 g/mol. The summed E-state index contributed by atoms with van der Waals surface area (Å²) in [5.41, 5.74) is 4.79. The molecule has 2 N–H and O–H groups in total. The van der Waals surface area contributed by atoms with E-state index in [0.29, 0.717) is 22.7 Å². The van der Waals surface area contributed by atoms with Crippen LogP contribution in [0.3, 0.4) is 0 Å². The van der Waals surface area contributed by atoms with Gasteiger partial charge in [-0.3, -0.25) is 9.59 Å². The van der Waals surface area contributed by atoms with Gasteiger partial charge in [-0.25, -0.2) is 10.2 Å². The molecule has 164 valence electrons. The number of rotatable bonds is 10. The van der Waals surface area contributed by atoms with E-state index in [1.807, 2.05) is 19.1 Å². The van der Waals surface area contributed by atoms with E-state index in [-0.39, 0.29) is 31.3 Å². The van der Waals surface area contributed by atoms with E-state index in [9.17, 15) is 14.4 Å². The normalized spacial score (nSPS) is 10.4. The van der Waals surface area contributed by atoms with Crippen LogP contribution in [0.15, 0.2) is 47.6 Å². The van der Waals surface area contributed by atoms with Crippen molar-refractivity contribution in [2.75, 3.05) is 26.1 Å². The summed E-state index contributed by atoms with van der Waals surface area (Å²) in [7, 11) is 2.73. The zero-order valence-electron chi connectivity index (χ0n) is 17.6. The molecule has 0 heterocycles. The molecule has 9 nitrogen and oxygen atoms in total. The van der Waals surface area contributed by atoms with E-state index in [1.165, 1.54) is 20.4 Å². The Morgan fingerprint density at radius 2 is 1.68 bits per heavy atom. The summed E-state index contributed by atoms with van der Waals surface area (Å²) < 4.78 is 15.1. The van der Waals surface area contributed by atoms with Gasteiger partial charge in [0.25, 0.3) is 0 Å². The first-order chi connectivity index (χ1) is 14.9. The van der Waals surface area contributed by atoms with Gasteiger partial charge in [-0.05, 0) is 42.8 Å². The molecule has 2 aromatic rings. The van der Waals surface area contributed by atoms with Crippen molar-refractivity contribution < 1.29 is 28.6 Å². The second-order valence-electron chi connectivity index (χ2n) is 6.48. The van der Waals surface area contributed by atoms with Crippen molar-refractivity contribution in [2.45, 2.75) is 19.8 Å². The number of nitrogens with one attached hydrogen (secondary N) is 2. The van der Waals surface area contributed by atoms with E-state index < -0.39 is 5.97 Å². The van der Waals surface area contributed by atoms with Crippen molar-refractivity contribution in [2.24, 2.45) is 5.10 Å². The van der Waals surface area contributed by atoms with Crippen LogP contribution in [0.25, 0.3) is 0 Å². The van der Waals surface area contributed by atoms with Crippen LogP contribution in [0.4, 0.5) is 5.69 Å². The summed E-state index contributed by atoms with van der Waals surface area (Å²) in [4.78, 5) is 35.0. The van der Waals surface area contributed by atoms with Gasteiger partial charge in [-0.15, -0.1) is 0 Å². The maximum atomic E-state index is 11.9. The highest BCUT2D eigenvalue weighted by Gasteiger charge is 2.09. The number of carbonyl (C=O) groups is 3. The molecule has 0 bridgehead atoms. The number of methoxy groups -OCH3 is 2. The Bertz CT molecular complexity index is 941. The van der Waals surface area contributed by atoms with Crippen molar-refractivity contribution in [3.63, 3.8) is 0 Å². The minimum atomic E-state index is -0.511. The summed E-state index contributed by atoms with van der Waals surface area (Å²) in [6.07, 6.45) is 1.46. The zero-order chi connectivity index (χ0) is 22.6. The predicted molar refractivity (Wildman–Crippen MR) is 115 cm³/mol. The molecule has 0 saturated carbocycles. The van der Waals surface area contributed by atoms with Crippen molar-refractivity contribution in [1.82, 2.24) is 5.43 Å². The van der Waals surface area contributed by atoms with Crippen LogP contribution >= 0.6 is 0 Å². The highest BCUT2D eigenvalue weighted by molar-refractivity contribution is 5.93. The Balaban J connectivity index is 1.80. The van der Waals surface area contributed by atoms with Crippen LogP contribution < -0.4 is 20.2 Å². The Hall–Kier alpha value is -3.88. The summed E-state index contributed by atoms with van der Waals surface area (Å²) in [5, 5.41) is 6.61. The lowest BCUT2D eigenvalue weighted by atomic mass is 10.2. The van der Waals surface area contributed by atoms with Crippen LogP contribution in [0.5, 0.6) is 11.5 Å². The topological polar surface area (TPSA) is 115 Å². The third-order valence-electron chi connectivity index (χ3n) is 4.08. The maximum Gasteiger partial charge on any atom is 0.343 e. The lowest BCUT2D eigenvalue weighted by Gasteiger charge is -2.10. The molecule has 0 unspecified atom stereocenters. The highest BCUT2D eigenvalue weighted by Crippen LogP contribution is 2.27. The second kappa shape index (κ2) is 12.0. The Kier molecular flexibility index (Phi) is 9.03. The van der Waals surface area contributed by atoms with Crippen molar-refractivity contribution in [3.8, 4) is 11.5 Å². The van der Waals surface area contributed by atoms with E-state index in [1.54, 1.807) is 30.3 Å². The molecular formula is C22H25N3O6. The van der Waals surface area contributed by atoms with Crippen LogP contribution in [-0.2, 0) is 19.1 Å². The largest absolute Gasteiger partial charge is 0.493 e. The maximum absolute atomic E-state index is 11.9. The van der Waals surface area contributed by atoms with Crippen molar-refractivity contribution in [1.29, 1.82) is 0 Å². The highest BCUT2D eigenvalue weighted by atomic mass is 16.6. The summed E-state index contributed by atoms with van der Waals surface area (Å²) in [6.45, 7) is 1.72. The fraction of sp³-hybridized carbons (Fsp3) is 0.273. The molecule has 0 fully saturated rings. The van der Waals surface area contributed by atoms with E-state index in [0.717, 1.165) is 5.56 Å². The number of hydrogen-bond acceptors (Lipinski definition) is 7. The minimum Gasteiger partial charge on any atom is -0.493 e. The van der Waals surface area contributed by atoms with Crippen LogP contribution in [0.2, 0.25) is 0 Å². The summed E-state index contributed by atoms with van der Waals surface area (Å²) >= 11 is 0. The number of benzene rings is 2. The molecule has 0 aliphatic rings. The molecule has 0 radical (unpaired) electrons. The zero-order valence-corrected chi connectivity index (χ0v) is 17.6. The second-order valence-corrected chi connectivity index (χ2v) is 6.48.